The second-order valence-corrected chi connectivity index (χ2v) is 7.56. The lowest BCUT2D eigenvalue weighted by atomic mass is 10.1. The number of hydrogen-bond donors (Lipinski definition) is 0. The van der Waals surface area contributed by atoms with Crippen molar-refractivity contribution in [1.82, 2.24) is 0 Å². The van der Waals surface area contributed by atoms with E-state index in [0.29, 0.717) is 32.7 Å². The average Bonchev–Trinajstić information content (AvgIpc) is 2.92. The van der Waals surface area contributed by atoms with Crippen LogP contribution in [0.25, 0.3) is 0 Å². The van der Waals surface area contributed by atoms with Crippen molar-refractivity contribution in [3.05, 3.63) is 62.6 Å². The topological polar surface area (TPSA) is 59.0 Å². The van der Waals surface area contributed by atoms with Crippen molar-refractivity contribution >= 4 is 58.1 Å². The van der Waals surface area contributed by atoms with Gasteiger partial charge < -0.3 is 9.74 Å². The molecule has 0 bridgehead atoms. The van der Waals surface area contributed by atoms with Gasteiger partial charge in [0.2, 0.25) is 0 Å². The van der Waals surface area contributed by atoms with Crippen LogP contribution in [0, 0.1) is 0 Å². The van der Waals surface area contributed by atoms with Crippen molar-refractivity contribution in [1.29, 1.82) is 0 Å². The van der Waals surface area contributed by atoms with Gasteiger partial charge in [-0.15, -0.1) is 0 Å². The van der Waals surface area contributed by atoms with Gasteiger partial charge in [-0.05, 0) is 42.3 Å². The first-order chi connectivity index (χ1) is 13.4. The number of nitrogens with zero attached hydrogens (tertiary/aromatic N) is 2. The standard InChI is InChI=1S/C20H17Cl3N2O3/c1-2-3-4-18(26)28-24-19-14-10-13(21)6-8-17(14)25(20(19)27)11-12-5-7-15(22)16(23)9-12/h5-10H,2-4,11H2,1H3. The molecule has 1 aliphatic rings. The molecular weight excluding hydrogens is 423 g/mol. The van der Waals surface area contributed by atoms with Gasteiger partial charge in [0, 0.05) is 17.0 Å². The zero-order valence-corrected chi connectivity index (χ0v) is 17.3. The van der Waals surface area contributed by atoms with Crippen LogP contribution >= 0.6 is 34.8 Å². The SMILES string of the molecule is CCCCC(=O)ON=C1C(=O)N(Cc2ccc(Cl)c(Cl)c2)c2ccc(Cl)cc21. The van der Waals surface area contributed by atoms with Crippen LogP contribution in [0.2, 0.25) is 15.1 Å². The number of oxime groups is 1. The quantitative estimate of drug-likeness (QED) is 0.433. The molecule has 0 aromatic heterocycles. The summed E-state index contributed by atoms with van der Waals surface area (Å²) in [5.41, 5.74) is 1.98. The van der Waals surface area contributed by atoms with Crippen LogP contribution in [0.4, 0.5) is 5.69 Å². The molecule has 1 aliphatic heterocycles. The van der Waals surface area contributed by atoms with Gasteiger partial charge in [-0.3, -0.25) is 4.79 Å². The zero-order valence-electron chi connectivity index (χ0n) is 15.0. The smallest absolute Gasteiger partial charge is 0.317 e. The van der Waals surface area contributed by atoms with Crippen molar-refractivity contribution in [3.8, 4) is 0 Å². The Bertz CT molecular complexity index is 960. The summed E-state index contributed by atoms with van der Waals surface area (Å²) in [5.74, 6) is -0.861. The number of carbonyl (C=O) groups is 2. The van der Waals surface area contributed by atoms with Gasteiger partial charge in [0.25, 0.3) is 5.91 Å². The maximum absolute atomic E-state index is 13.0. The molecule has 0 radical (unpaired) electrons. The summed E-state index contributed by atoms with van der Waals surface area (Å²) in [5, 5.41) is 5.13. The number of rotatable bonds is 6. The number of anilines is 1. The van der Waals surface area contributed by atoms with E-state index in [1.165, 1.54) is 4.90 Å². The second-order valence-electron chi connectivity index (χ2n) is 6.31. The summed E-state index contributed by atoms with van der Waals surface area (Å²) in [6.45, 7) is 2.23. The van der Waals surface area contributed by atoms with E-state index in [1.54, 1.807) is 36.4 Å². The largest absolute Gasteiger partial charge is 0.335 e. The van der Waals surface area contributed by atoms with E-state index in [-0.39, 0.29) is 24.6 Å². The Labute approximate surface area is 177 Å². The third-order valence-corrected chi connectivity index (χ3v) is 5.22. The summed E-state index contributed by atoms with van der Waals surface area (Å²) in [6.07, 6.45) is 1.81. The summed E-state index contributed by atoms with van der Waals surface area (Å²) in [6, 6.07) is 10.2. The molecule has 3 rings (SSSR count). The predicted octanol–water partition coefficient (Wildman–Crippen LogP) is 5.63. The average molecular weight is 440 g/mol. The second kappa shape index (κ2) is 8.95. The van der Waals surface area contributed by atoms with Gasteiger partial charge in [0.1, 0.15) is 0 Å². The van der Waals surface area contributed by atoms with Gasteiger partial charge in [-0.25, -0.2) is 4.79 Å². The predicted molar refractivity (Wildman–Crippen MR) is 111 cm³/mol. The van der Waals surface area contributed by atoms with E-state index in [4.69, 9.17) is 39.6 Å². The van der Waals surface area contributed by atoms with Crippen LogP contribution in [-0.2, 0) is 21.0 Å². The summed E-state index contributed by atoms with van der Waals surface area (Å²) in [4.78, 5) is 31.2. The van der Waals surface area contributed by atoms with Crippen molar-refractivity contribution in [2.75, 3.05) is 4.90 Å². The fourth-order valence-electron chi connectivity index (χ4n) is 2.81. The molecule has 0 aliphatic carbocycles. The molecule has 0 atom stereocenters. The van der Waals surface area contributed by atoms with Crippen LogP contribution in [0.15, 0.2) is 41.6 Å². The number of benzene rings is 2. The molecule has 0 fully saturated rings. The highest BCUT2D eigenvalue weighted by Gasteiger charge is 2.35. The van der Waals surface area contributed by atoms with Crippen molar-refractivity contribution in [3.63, 3.8) is 0 Å². The molecule has 2 aromatic rings. The lowest BCUT2D eigenvalue weighted by Gasteiger charge is -2.17. The third kappa shape index (κ3) is 4.49. The lowest BCUT2D eigenvalue weighted by Crippen LogP contribution is -2.29. The number of amides is 1. The minimum Gasteiger partial charge on any atom is -0.317 e. The fourth-order valence-corrected chi connectivity index (χ4v) is 3.31. The molecule has 8 heteroatoms. The van der Waals surface area contributed by atoms with Crippen molar-refractivity contribution in [2.45, 2.75) is 32.7 Å². The Hall–Kier alpha value is -2.08. The summed E-state index contributed by atoms with van der Waals surface area (Å²) < 4.78 is 0. The number of hydrogen-bond acceptors (Lipinski definition) is 4. The van der Waals surface area contributed by atoms with Gasteiger partial charge in [0.05, 0.1) is 22.3 Å². The minimum atomic E-state index is -0.478. The Kier molecular flexibility index (Phi) is 6.60. The Morgan fingerprint density at radius 2 is 1.89 bits per heavy atom. The maximum Gasteiger partial charge on any atom is 0.335 e. The summed E-state index contributed by atoms with van der Waals surface area (Å²) in [7, 11) is 0. The number of carbonyl (C=O) groups excluding carboxylic acids is 2. The van der Waals surface area contributed by atoms with Gasteiger partial charge in [-0.1, -0.05) is 59.4 Å². The maximum atomic E-state index is 13.0. The van der Waals surface area contributed by atoms with Crippen molar-refractivity contribution in [2.24, 2.45) is 5.16 Å². The van der Waals surface area contributed by atoms with E-state index < -0.39 is 5.97 Å². The van der Waals surface area contributed by atoms with E-state index in [0.717, 1.165) is 12.0 Å². The molecule has 0 N–H and O–H groups in total. The third-order valence-electron chi connectivity index (χ3n) is 4.25. The van der Waals surface area contributed by atoms with Gasteiger partial charge >= 0.3 is 5.97 Å². The minimum absolute atomic E-state index is 0.0439. The molecule has 28 heavy (non-hydrogen) atoms. The van der Waals surface area contributed by atoms with Crippen LogP contribution < -0.4 is 4.90 Å². The highest BCUT2D eigenvalue weighted by atomic mass is 35.5. The Morgan fingerprint density at radius 1 is 1.11 bits per heavy atom. The van der Waals surface area contributed by atoms with E-state index in [1.807, 2.05) is 6.92 Å². The van der Waals surface area contributed by atoms with Gasteiger partial charge in [0.15, 0.2) is 5.71 Å². The summed E-state index contributed by atoms with van der Waals surface area (Å²) >= 11 is 18.1. The molecule has 146 valence electrons. The normalized spacial score (nSPS) is 14.5. The molecule has 1 heterocycles. The molecule has 0 spiro atoms. The van der Waals surface area contributed by atoms with Crippen LogP contribution in [0.1, 0.15) is 37.3 Å². The monoisotopic (exact) mass is 438 g/mol. The molecule has 0 unspecified atom stereocenters. The van der Waals surface area contributed by atoms with Crippen molar-refractivity contribution < 1.29 is 14.4 Å². The molecule has 5 nitrogen and oxygen atoms in total. The van der Waals surface area contributed by atoms with E-state index in [2.05, 4.69) is 5.16 Å². The van der Waals surface area contributed by atoms with Crippen LogP contribution in [0.5, 0.6) is 0 Å². The Morgan fingerprint density at radius 3 is 2.61 bits per heavy atom. The fraction of sp³-hybridized carbons (Fsp3) is 0.250. The molecular formula is C20H17Cl3N2O3. The number of halogens is 3. The number of fused-ring (bicyclic) bond motifs is 1. The first kappa shape index (κ1) is 20.6. The highest BCUT2D eigenvalue weighted by molar-refractivity contribution is 6.54. The van der Waals surface area contributed by atoms with E-state index in [9.17, 15) is 9.59 Å². The van der Waals surface area contributed by atoms with E-state index >= 15 is 0 Å². The first-order valence-corrected chi connectivity index (χ1v) is 9.87. The first-order valence-electron chi connectivity index (χ1n) is 8.74. The molecule has 0 saturated heterocycles. The highest BCUT2D eigenvalue weighted by Crippen LogP contribution is 2.34. The Balaban J connectivity index is 1.90. The molecule has 2 aromatic carbocycles. The molecule has 1 amide bonds. The van der Waals surface area contributed by atoms with Crippen LogP contribution in [0.3, 0.4) is 0 Å². The molecule has 0 saturated carbocycles. The number of unbranched alkanes of at least 4 members (excludes halogenated alkanes) is 1. The van der Waals surface area contributed by atoms with Crippen LogP contribution in [-0.4, -0.2) is 17.6 Å². The van der Waals surface area contributed by atoms with Gasteiger partial charge in [-0.2, -0.15) is 0 Å². The zero-order chi connectivity index (χ0) is 20.3. The lowest BCUT2D eigenvalue weighted by molar-refractivity contribution is -0.143.